The number of hydrogen-bond acceptors (Lipinski definition) is 4. The van der Waals surface area contributed by atoms with Gasteiger partial charge in [0.15, 0.2) is 11.6 Å². The van der Waals surface area contributed by atoms with Crippen molar-refractivity contribution < 1.29 is 13.9 Å². The summed E-state index contributed by atoms with van der Waals surface area (Å²) in [7, 11) is 3.06. The smallest absolute Gasteiger partial charge is 0.168 e. The lowest BCUT2D eigenvalue weighted by atomic mass is 10.0. The maximum atomic E-state index is 14.0. The molecule has 1 heterocycles. The molecule has 1 aromatic carbocycles. The first kappa shape index (κ1) is 13.8. The van der Waals surface area contributed by atoms with Gasteiger partial charge in [-0.3, -0.25) is 0 Å². The molecule has 0 aliphatic carbocycles. The summed E-state index contributed by atoms with van der Waals surface area (Å²) in [5.41, 5.74) is 6.66. The lowest BCUT2D eigenvalue weighted by Gasteiger charge is -2.12. The Balaban J connectivity index is 2.16. The van der Waals surface area contributed by atoms with E-state index in [1.165, 1.54) is 18.4 Å². The summed E-state index contributed by atoms with van der Waals surface area (Å²) < 4.78 is 24.1. The SMILES string of the molecule is COc1csc(C(N)Cc2cccc(OC)c2F)c1. The zero-order valence-corrected chi connectivity index (χ0v) is 11.7. The maximum Gasteiger partial charge on any atom is 0.168 e. The van der Waals surface area contributed by atoms with Crippen LogP contribution in [-0.4, -0.2) is 14.2 Å². The van der Waals surface area contributed by atoms with E-state index in [1.807, 2.05) is 11.4 Å². The van der Waals surface area contributed by atoms with Gasteiger partial charge in [0, 0.05) is 16.3 Å². The molecule has 2 rings (SSSR count). The molecule has 1 aromatic heterocycles. The van der Waals surface area contributed by atoms with Crippen LogP contribution in [-0.2, 0) is 6.42 Å². The third-order valence-corrected chi connectivity index (χ3v) is 3.94. The lowest BCUT2D eigenvalue weighted by molar-refractivity contribution is 0.383. The summed E-state index contributed by atoms with van der Waals surface area (Å²) in [5, 5.41) is 1.89. The number of nitrogens with two attached hydrogens (primary N) is 1. The third-order valence-electron chi connectivity index (χ3n) is 2.90. The molecule has 0 bridgehead atoms. The molecule has 0 fully saturated rings. The molecule has 19 heavy (non-hydrogen) atoms. The number of thiophene rings is 1. The van der Waals surface area contributed by atoms with Crippen molar-refractivity contribution in [1.82, 2.24) is 0 Å². The van der Waals surface area contributed by atoms with Crippen LogP contribution in [0.2, 0.25) is 0 Å². The van der Waals surface area contributed by atoms with Gasteiger partial charge in [0.25, 0.3) is 0 Å². The molecule has 0 radical (unpaired) electrons. The third kappa shape index (κ3) is 3.05. The van der Waals surface area contributed by atoms with Gasteiger partial charge in [-0.05, 0) is 24.1 Å². The monoisotopic (exact) mass is 281 g/mol. The summed E-state index contributed by atoms with van der Waals surface area (Å²) >= 11 is 1.51. The van der Waals surface area contributed by atoms with E-state index in [-0.39, 0.29) is 17.6 Å². The van der Waals surface area contributed by atoms with Crippen LogP contribution in [0.25, 0.3) is 0 Å². The van der Waals surface area contributed by atoms with E-state index in [0.29, 0.717) is 12.0 Å². The summed E-state index contributed by atoms with van der Waals surface area (Å²) in [6, 6.07) is 6.71. The largest absolute Gasteiger partial charge is 0.496 e. The Morgan fingerprint density at radius 1 is 1.32 bits per heavy atom. The van der Waals surface area contributed by atoms with Crippen LogP contribution in [0.1, 0.15) is 16.5 Å². The Bertz CT molecular complexity index is 556. The topological polar surface area (TPSA) is 44.5 Å². The molecular weight excluding hydrogens is 265 g/mol. The summed E-state index contributed by atoms with van der Waals surface area (Å²) in [6.07, 6.45) is 0.423. The number of rotatable bonds is 5. The standard InChI is InChI=1S/C14H16FNO2S/c1-17-10-7-13(19-8-10)11(16)6-9-4-3-5-12(18-2)14(9)15/h3-5,7-8,11H,6,16H2,1-2H3. The van der Waals surface area contributed by atoms with Gasteiger partial charge in [0.2, 0.25) is 0 Å². The van der Waals surface area contributed by atoms with Gasteiger partial charge in [0.1, 0.15) is 5.75 Å². The summed E-state index contributed by atoms with van der Waals surface area (Å²) in [6.45, 7) is 0. The van der Waals surface area contributed by atoms with Crippen molar-refractivity contribution >= 4 is 11.3 Å². The van der Waals surface area contributed by atoms with E-state index in [1.54, 1.807) is 25.3 Å². The Morgan fingerprint density at radius 2 is 2.11 bits per heavy atom. The highest BCUT2D eigenvalue weighted by Gasteiger charge is 2.15. The van der Waals surface area contributed by atoms with Crippen LogP contribution >= 0.6 is 11.3 Å². The number of ether oxygens (including phenoxy) is 2. The molecule has 0 amide bonds. The van der Waals surface area contributed by atoms with Gasteiger partial charge in [-0.25, -0.2) is 4.39 Å². The normalized spacial score (nSPS) is 12.2. The number of hydrogen-bond donors (Lipinski definition) is 1. The van der Waals surface area contributed by atoms with Gasteiger partial charge in [-0.15, -0.1) is 11.3 Å². The average molecular weight is 281 g/mol. The molecule has 0 aliphatic rings. The Labute approximate surface area is 115 Å². The minimum atomic E-state index is -0.344. The first-order valence-electron chi connectivity index (χ1n) is 5.85. The molecule has 3 nitrogen and oxygen atoms in total. The van der Waals surface area contributed by atoms with Crippen LogP contribution < -0.4 is 15.2 Å². The van der Waals surface area contributed by atoms with Crippen molar-refractivity contribution in [2.45, 2.75) is 12.5 Å². The highest BCUT2D eigenvalue weighted by atomic mass is 32.1. The van der Waals surface area contributed by atoms with E-state index < -0.39 is 0 Å². The minimum Gasteiger partial charge on any atom is -0.496 e. The summed E-state index contributed by atoms with van der Waals surface area (Å²) in [5.74, 6) is 0.680. The molecule has 1 unspecified atom stereocenters. The van der Waals surface area contributed by atoms with Crippen molar-refractivity contribution in [3.8, 4) is 11.5 Å². The molecule has 5 heteroatoms. The molecule has 2 aromatic rings. The number of benzene rings is 1. The average Bonchev–Trinajstić information content (AvgIpc) is 2.90. The van der Waals surface area contributed by atoms with Crippen molar-refractivity contribution in [3.05, 3.63) is 45.9 Å². The molecule has 0 saturated carbocycles. The quantitative estimate of drug-likeness (QED) is 0.915. The second kappa shape index (κ2) is 6.04. The second-order valence-corrected chi connectivity index (χ2v) is 5.08. The van der Waals surface area contributed by atoms with Gasteiger partial charge in [-0.2, -0.15) is 0 Å². The first-order chi connectivity index (χ1) is 9.15. The van der Waals surface area contributed by atoms with Crippen LogP contribution in [0.15, 0.2) is 29.6 Å². The van der Waals surface area contributed by atoms with E-state index >= 15 is 0 Å². The van der Waals surface area contributed by atoms with Gasteiger partial charge >= 0.3 is 0 Å². The second-order valence-electron chi connectivity index (χ2n) is 4.13. The minimum absolute atomic E-state index is 0.244. The van der Waals surface area contributed by atoms with E-state index in [4.69, 9.17) is 15.2 Å². The Morgan fingerprint density at radius 3 is 2.74 bits per heavy atom. The van der Waals surface area contributed by atoms with Crippen molar-refractivity contribution in [1.29, 1.82) is 0 Å². The van der Waals surface area contributed by atoms with Crippen LogP contribution in [0.4, 0.5) is 4.39 Å². The highest BCUT2D eigenvalue weighted by molar-refractivity contribution is 7.10. The van der Waals surface area contributed by atoms with Crippen molar-refractivity contribution in [2.24, 2.45) is 5.73 Å². The lowest BCUT2D eigenvalue weighted by Crippen LogP contribution is -2.13. The molecule has 0 saturated heterocycles. The van der Waals surface area contributed by atoms with E-state index in [2.05, 4.69) is 0 Å². The van der Waals surface area contributed by atoms with Gasteiger partial charge in [-0.1, -0.05) is 12.1 Å². The fraction of sp³-hybridized carbons (Fsp3) is 0.286. The Kier molecular flexibility index (Phi) is 4.39. The van der Waals surface area contributed by atoms with Gasteiger partial charge in [0.05, 0.1) is 14.2 Å². The predicted octanol–water partition coefficient (Wildman–Crippen LogP) is 3.15. The van der Waals surface area contributed by atoms with Crippen molar-refractivity contribution in [3.63, 3.8) is 0 Å². The molecule has 0 spiro atoms. The predicted molar refractivity (Wildman–Crippen MR) is 74.5 cm³/mol. The molecular formula is C14H16FNO2S. The van der Waals surface area contributed by atoms with E-state index in [0.717, 1.165) is 10.6 Å². The molecule has 2 N–H and O–H groups in total. The zero-order valence-electron chi connectivity index (χ0n) is 10.9. The zero-order chi connectivity index (χ0) is 13.8. The van der Waals surface area contributed by atoms with Crippen LogP contribution in [0.3, 0.4) is 0 Å². The molecule has 102 valence electrons. The maximum absolute atomic E-state index is 14.0. The fourth-order valence-corrected chi connectivity index (χ4v) is 2.70. The molecule has 1 atom stereocenters. The van der Waals surface area contributed by atoms with Crippen LogP contribution in [0.5, 0.6) is 11.5 Å². The number of halogens is 1. The Hall–Kier alpha value is -1.59. The first-order valence-corrected chi connectivity index (χ1v) is 6.73. The summed E-state index contributed by atoms with van der Waals surface area (Å²) in [4.78, 5) is 0.971. The van der Waals surface area contributed by atoms with Crippen LogP contribution in [0, 0.1) is 5.82 Å². The fourth-order valence-electron chi connectivity index (χ4n) is 1.84. The molecule has 0 aliphatic heterocycles. The van der Waals surface area contributed by atoms with E-state index in [9.17, 15) is 4.39 Å². The van der Waals surface area contributed by atoms with Crippen molar-refractivity contribution in [2.75, 3.05) is 14.2 Å². The highest BCUT2D eigenvalue weighted by Crippen LogP contribution is 2.29. The van der Waals surface area contributed by atoms with Gasteiger partial charge < -0.3 is 15.2 Å². The number of methoxy groups -OCH3 is 2.